The van der Waals surface area contributed by atoms with Crippen LogP contribution in [0.1, 0.15) is 72.6 Å². The van der Waals surface area contributed by atoms with Crippen molar-refractivity contribution in [3.63, 3.8) is 0 Å². The quantitative estimate of drug-likeness (QED) is 0.684. The molecule has 1 saturated carbocycles. The summed E-state index contributed by atoms with van der Waals surface area (Å²) in [5.41, 5.74) is 6.13. The minimum absolute atomic E-state index is 0.425. The van der Waals surface area contributed by atoms with E-state index in [1.54, 1.807) is 0 Å². The first-order chi connectivity index (χ1) is 8.94. The first-order valence-corrected chi connectivity index (χ1v) is 8.39. The summed E-state index contributed by atoms with van der Waals surface area (Å²) in [5, 5.41) is 0. The largest absolute Gasteiger partial charge is 0.330 e. The van der Waals surface area contributed by atoms with Gasteiger partial charge in [-0.25, -0.2) is 0 Å². The Labute approximate surface area is 121 Å². The smallest absolute Gasteiger partial charge is 0.00953 e. The molecule has 2 heteroatoms. The summed E-state index contributed by atoms with van der Waals surface area (Å²) in [4.78, 5) is 2.77. The van der Waals surface area contributed by atoms with Gasteiger partial charge in [-0.1, -0.05) is 40.5 Å². The van der Waals surface area contributed by atoms with E-state index in [9.17, 15) is 0 Å². The van der Waals surface area contributed by atoms with Gasteiger partial charge in [0.15, 0.2) is 0 Å². The van der Waals surface area contributed by atoms with E-state index in [0.29, 0.717) is 5.41 Å². The molecule has 0 spiro atoms. The van der Waals surface area contributed by atoms with Gasteiger partial charge in [0.25, 0.3) is 0 Å². The Hall–Kier alpha value is -0.0800. The van der Waals surface area contributed by atoms with Crippen LogP contribution in [0.25, 0.3) is 0 Å². The standard InChI is InChI=1S/C17H36N2/c1-15(2)14-19(16-8-5-6-9-16)13-7-10-17(3,4)11-12-18/h15-16H,5-14,18H2,1-4H3. The first kappa shape index (κ1) is 17.0. The van der Waals surface area contributed by atoms with E-state index in [1.165, 1.54) is 51.6 Å². The molecule has 0 amide bonds. The molecule has 19 heavy (non-hydrogen) atoms. The van der Waals surface area contributed by atoms with Crippen molar-refractivity contribution in [3.05, 3.63) is 0 Å². The number of hydrogen-bond acceptors (Lipinski definition) is 2. The molecule has 0 aromatic carbocycles. The average molecular weight is 268 g/mol. The predicted octanol–water partition coefficient (Wildman–Crippen LogP) is 4.04. The van der Waals surface area contributed by atoms with Crippen molar-refractivity contribution in [2.75, 3.05) is 19.6 Å². The van der Waals surface area contributed by atoms with E-state index < -0.39 is 0 Å². The number of nitrogens with zero attached hydrogens (tertiary/aromatic N) is 1. The van der Waals surface area contributed by atoms with Gasteiger partial charge in [0, 0.05) is 12.6 Å². The highest BCUT2D eigenvalue weighted by atomic mass is 15.2. The maximum absolute atomic E-state index is 5.70. The molecule has 114 valence electrons. The molecule has 0 bridgehead atoms. The summed E-state index contributed by atoms with van der Waals surface area (Å²) >= 11 is 0. The molecule has 0 aromatic heterocycles. The van der Waals surface area contributed by atoms with Crippen LogP contribution < -0.4 is 5.73 Å². The second-order valence-electron chi connectivity index (χ2n) is 7.63. The maximum Gasteiger partial charge on any atom is 0.00953 e. The molecular formula is C17H36N2. The van der Waals surface area contributed by atoms with Crippen LogP contribution >= 0.6 is 0 Å². The average Bonchev–Trinajstić information content (AvgIpc) is 2.80. The Bertz CT molecular complexity index is 229. The van der Waals surface area contributed by atoms with E-state index in [2.05, 4.69) is 32.6 Å². The Morgan fingerprint density at radius 1 is 1.16 bits per heavy atom. The summed E-state index contributed by atoms with van der Waals surface area (Å²) < 4.78 is 0. The lowest BCUT2D eigenvalue weighted by molar-refractivity contribution is 0.163. The molecule has 0 unspecified atom stereocenters. The summed E-state index contributed by atoms with van der Waals surface area (Å²) in [6, 6.07) is 0.875. The number of hydrogen-bond donors (Lipinski definition) is 1. The van der Waals surface area contributed by atoms with Gasteiger partial charge in [0.05, 0.1) is 0 Å². The summed E-state index contributed by atoms with van der Waals surface area (Å²) in [6.45, 7) is 12.8. The third-order valence-electron chi connectivity index (χ3n) is 4.56. The van der Waals surface area contributed by atoms with E-state index in [4.69, 9.17) is 5.73 Å². The zero-order valence-electron chi connectivity index (χ0n) is 13.8. The zero-order valence-corrected chi connectivity index (χ0v) is 13.8. The Kier molecular flexibility index (Phi) is 7.38. The fraction of sp³-hybridized carbons (Fsp3) is 1.00. The van der Waals surface area contributed by atoms with Gasteiger partial charge in [-0.2, -0.15) is 0 Å². The monoisotopic (exact) mass is 268 g/mol. The van der Waals surface area contributed by atoms with Gasteiger partial charge in [-0.3, -0.25) is 0 Å². The van der Waals surface area contributed by atoms with Crippen LogP contribution in [-0.4, -0.2) is 30.6 Å². The molecular weight excluding hydrogens is 232 g/mol. The minimum Gasteiger partial charge on any atom is -0.330 e. The minimum atomic E-state index is 0.425. The van der Waals surface area contributed by atoms with E-state index >= 15 is 0 Å². The fourth-order valence-electron chi connectivity index (χ4n) is 3.44. The number of rotatable bonds is 9. The zero-order chi connectivity index (χ0) is 14.3. The first-order valence-electron chi connectivity index (χ1n) is 8.39. The molecule has 0 heterocycles. The maximum atomic E-state index is 5.70. The third-order valence-corrected chi connectivity index (χ3v) is 4.56. The van der Waals surface area contributed by atoms with E-state index in [1.807, 2.05) is 0 Å². The van der Waals surface area contributed by atoms with Gasteiger partial charge < -0.3 is 10.6 Å². The van der Waals surface area contributed by atoms with Crippen molar-refractivity contribution in [1.82, 2.24) is 4.90 Å². The lowest BCUT2D eigenvalue weighted by Crippen LogP contribution is -2.37. The third kappa shape index (κ3) is 6.76. The van der Waals surface area contributed by atoms with Crippen LogP contribution in [0.4, 0.5) is 0 Å². The van der Waals surface area contributed by atoms with Crippen LogP contribution in [0.2, 0.25) is 0 Å². The fourth-order valence-corrected chi connectivity index (χ4v) is 3.44. The second-order valence-corrected chi connectivity index (χ2v) is 7.63. The highest BCUT2D eigenvalue weighted by Crippen LogP contribution is 2.28. The normalized spacial score (nSPS) is 17.8. The molecule has 1 aliphatic carbocycles. The van der Waals surface area contributed by atoms with Crippen LogP contribution in [0.3, 0.4) is 0 Å². The molecule has 0 aromatic rings. The van der Waals surface area contributed by atoms with Crippen molar-refractivity contribution in [2.24, 2.45) is 17.1 Å². The van der Waals surface area contributed by atoms with Crippen LogP contribution in [0.5, 0.6) is 0 Å². The van der Waals surface area contributed by atoms with E-state index in [0.717, 1.165) is 24.9 Å². The molecule has 0 saturated heterocycles. The van der Waals surface area contributed by atoms with Crippen molar-refractivity contribution in [3.8, 4) is 0 Å². The highest BCUT2D eigenvalue weighted by Gasteiger charge is 2.24. The molecule has 2 N–H and O–H groups in total. The SMILES string of the molecule is CC(C)CN(CCCC(C)(C)CCN)C1CCCC1. The van der Waals surface area contributed by atoms with Crippen LogP contribution in [0, 0.1) is 11.3 Å². The van der Waals surface area contributed by atoms with Crippen LogP contribution in [0.15, 0.2) is 0 Å². The Morgan fingerprint density at radius 3 is 2.32 bits per heavy atom. The predicted molar refractivity (Wildman–Crippen MR) is 85.4 cm³/mol. The second kappa shape index (κ2) is 8.26. The summed E-state index contributed by atoms with van der Waals surface area (Å²) in [6.07, 6.45) is 9.54. The Morgan fingerprint density at radius 2 is 1.79 bits per heavy atom. The molecule has 1 fully saturated rings. The van der Waals surface area contributed by atoms with Crippen LogP contribution in [-0.2, 0) is 0 Å². The Balaban J connectivity index is 2.35. The van der Waals surface area contributed by atoms with Gasteiger partial charge >= 0.3 is 0 Å². The van der Waals surface area contributed by atoms with Crippen molar-refractivity contribution in [2.45, 2.75) is 78.7 Å². The molecule has 1 rings (SSSR count). The molecule has 1 aliphatic rings. The molecule has 0 radical (unpaired) electrons. The van der Waals surface area contributed by atoms with Crippen molar-refractivity contribution < 1.29 is 0 Å². The van der Waals surface area contributed by atoms with Gasteiger partial charge in [-0.05, 0) is 56.5 Å². The topological polar surface area (TPSA) is 29.3 Å². The lowest BCUT2D eigenvalue weighted by atomic mass is 9.84. The van der Waals surface area contributed by atoms with Gasteiger partial charge in [0.2, 0.25) is 0 Å². The highest BCUT2D eigenvalue weighted by molar-refractivity contribution is 4.79. The molecule has 0 atom stereocenters. The van der Waals surface area contributed by atoms with Gasteiger partial charge in [0.1, 0.15) is 0 Å². The number of nitrogens with two attached hydrogens (primary N) is 1. The van der Waals surface area contributed by atoms with Gasteiger partial charge in [-0.15, -0.1) is 0 Å². The van der Waals surface area contributed by atoms with Crippen molar-refractivity contribution in [1.29, 1.82) is 0 Å². The lowest BCUT2D eigenvalue weighted by Gasteiger charge is -2.32. The molecule has 0 aliphatic heterocycles. The molecule has 2 nitrogen and oxygen atoms in total. The van der Waals surface area contributed by atoms with E-state index in [-0.39, 0.29) is 0 Å². The summed E-state index contributed by atoms with van der Waals surface area (Å²) in [7, 11) is 0. The van der Waals surface area contributed by atoms with Crippen molar-refractivity contribution >= 4 is 0 Å². The summed E-state index contributed by atoms with van der Waals surface area (Å²) in [5.74, 6) is 0.789.